The molecule has 1 aliphatic rings. The van der Waals surface area contributed by atoms with Crippen LogP contribution in [0, 0.1) is 0 Å². The summed E-state index contributed by atoms with van der Waals surface area (Å²) in [5.74, 6) is -0.323. The molecule has 8 heteroatoms. The summed E-state index contributed by atoms with van der Waals surface area (Å²) < 4.78 is 3.91. The number of hydrogen-bond acceptors (Lipinski definition) is 2. The number of benzene rings is 1. The highest BCUT2D eigenvalue weighted by molar-refractivity contribution is 6.68. The Labute approximate surface area is 149 Å². The van der Waals surface area contributed by atoms with E-state index in [9.17, 15) is 4.79 Å². The molecule has 0 aromatic heterocycles. The first-order valence-corrected chi connectivity index (χ1v) is 8.45. The summed E-state index contributed by atoms with van der Waals surface area (Å²) in [7, 11) is 0. The fraction of sp³-hybridized carbons (Fsp3) is 0.500. The number of nitrogens with one attached hydrogen (secondary N) is 1. The van der Waals surface area contributed by atoms with E-state index in [2.05, 4.69) is 5.32 Å². The monoisotopic (exact) mass is 385 g/mol. The van der Waals surface area contributed by atoms with Crippen LogP contribution >= 0.6 is 46.4 Å². The van der Waals surface area contributed by atoms with Crippen molar-refractivity contribution < 1.29 is 14.8 Å². The lowest BCUT2D eigenvalue weighted by atomic mass is 10.2. The number of halogens is 4. The van der Waals surface area contributed by atoms with Gasteiger partial charge in [0.05, 0.1) is 0 Å². The van der Waals surface area contributed by atoms with E-state index in [1.807, 2.05) is 0 Å². The van der Waals surface area contributed by atoms with Gasteiger partial charge in [-0.25, -0.2) is 0 Å². The van der Waals surface area contributed by atoms with E-state index in [1.54, 1.807) is 29.6 Å². The molecule has 1 aromatic rings. The van der Waals surface area contributed by atoms with Crippen molar-refractivity contribution in [1.82, 2.24) is 5.32 Å². The molecule has 0 saturated carbocycles. The Hall–Kier alpha value is -0.230. The summed E-state index contributed by atoms with van der Waals surface area (Å²) >= 11 is 23.7. The SMILES string of the molecule is O=C(N[C@@H]([NH2+]C[C@@H]1CCCO1)C(Cl)(Cl)Cl)c1ccc(Cl)cc1. The Morgan fingerprint density at radius 2 is 2.05 bits per heavy atom. The van der Waals surface area contributed by atoms with Gasteiger partial charge in [0.15, 0.2) is 0 Å². The topological polar surface area (TPSA) is 54.9 Å². The summed E-state index contributed by atoms with van der Waals surface area (Å²) in [5.41, 5.74) is 0.453. The second kappa shape index (κ2) is 8.04. The fourth-order valence-corrected chi connectivity index (χ4v) is 2.78. The molecule has 1 heterocycles. The van der Waals surface area contributed by atoms with E-state index in [0.717, 1.165) is 19.4 Å². The van der Waals surface area contributed by atoms with E-state index >= 15 is 0 Å². The second-order valence-electron chi connectivity index (χ2n) is 5.11. The smallest absolute Gasteiger partial charge is 0.262 e. The minimum atomic E-state index is -1.62. The van der Waals surface area contributed by atoms with Crippen molar-refractivity contribution in [2.24, 2.45) is 0 Å². The van der Waals surface area contributed by atoms with Gasteiger partial charge in [-0.3, -0.25) is 10.1 Å². The first-order chi connectivity index (χ1) is 10.4. The zero-order chi connectivity index (χ0) is 16.2. The third-order valence-electron chi connectivity index (χ3n) is 3.40. The number of ether oxygens (including phenoxy) is 1. The van der Waals surface area contributed by atoms with Gasteiger partial charge < -0.3 is 10.1 Å². The molecule has 0 radical (unpaired) electrons. The Morgan fingerprint density at radius 3 is 2.59 bits per heavy atom. The molecule has 1 fully saturated rings. The maximum Gasteiger partial charge on any atom is 0.262 e. The molecule has 3 N–H and O–H groups in total. The van der Waals surface area contributed by atoms with Gasteiger partial charge in [0.1, 0.15) is 12.6 Å². The molecule has 122 valence electrons. The van der Waals surface area contributed by atoms with Crippen LogP contribution in [0.2, 0.25) is 5.02 Å². The highest BCUT2D eigenvalue weighted by atomic mass is 35.6. The number of quaternary nitrogens is 1. The van der Waals surface area contributed by atoms with Gasteiger partial charge in [-0.05, 0) is 37.1 Å². The standard InChI is InChI=1S/C14H16Cl4N2O2/c15-10-5-3-9(4-6-10)12(21)20-13(14(16,17)18)19-8-11-2-1-7-22-11/h3-6,11,13,19H,1-2,7-8H2,(H,20,21)/p+1/t11-,13+/m0/s1. The number of nitrogens with two attached hydrogens (primary N) is 1. The molecular formula is C14H17Cl4N2O2+. The quantitative estimate of drug-likeness (QED) is 0.603. The van der Waals surface area contributed by atoms with Crippen LogP contribution in [0.3, 0.4) is 0 Å². The number of hydrogen-bond donors (Lipinski definition) is 2. The zero-order valence-corrected chi connectivity index (χ0v) is 14.7. The van der Waals surface area contributed by atoms with Crippen LogP contribution in [0.5, 0.6) is 0 Å². The second-order valence-corrected chi connectivity index (χ2v) is 7.91. The van der Waals surface area contributed by atoms with Crippen molar-refractivity contribution in [3.05, 3.63) is 34.9 Å². The predicted octanol–water partition coefficient (Wildman–Crippen LogP) is 2.51. The van der Waals surface area contributed by atoms with Crippen molar-refractivity contribution in [3.8, 4) is 0 Å². The Balaban J connectivity index is 1.96. The number of alkyl halides is 3. The van der Waals surface area contributed by atoms with Gasteiger partial charge >= 0.3 is 0 Å². The molecular weight excluding hydrogens is 370 g/mol. The molecule has 0 spiro atoms. The highest BCUT2D eigenvalue weighted by Crippen LogP contribution is 2.27. The molecule has 1 aliphatic heterocycles. The van der Waals surface area contributed by atoms with E-state index in [1.165, 1.54) is 0 Å². The molecule has 1 saturated heterocycles. The molecule has 4 nitrogen and oxygen atoms in total. The number of carbonyl (C=O) groups excluding carboxylic acids is 1. The lowest BCUT2D eigenvalue weighted by Gasteiger charge is -2.24. The molecule has 1 amide bonds. The third-order valence-corrected chi connectivity index (χ3v) is 4.36. The molecule has 22 heavy (non-hydrogen) atoms. The summed E-state index contributed by atoms with van der Waals surface area (Å²) in [4.78, 5) is 12.2. The van der Waals surface area contributed by atoms with Gasteiger partial charge in [-0.2, -0.15) is 0 Å². The van der Waals surface area contributed by atoms with Crippen LogP contribution in [0.4, 0.5) is 0 Å². The number of rotatable bonds is 5. The minimum absolute atomic E-state index is 0.127. The van der Waals surface area contributed by atoms with Crippen LogP contribution in [-0.2, 0) is 4.74 Å². The number of carbonyl (C=O) groups is 1. The van der Waals surface area contributed by atoms with Crippen molar-refractivity contribution in [3.63, 3.8) is 0 Å². The lowest BCUT2D eigenvalue weighted by molar-refractivity contribution is -0.697. The average molecular weight is 387 g/mol. The van der Waals surface area contributed by atoms with E-state index in [-0.39, 0.29) is 12.0 Å². The maximum absolute atomic E-state index is 12.2. The van der Waals surface area contributed by atoms with Gasteiger partial charge in [0.25, 0.3) is 9.70 Å². The van der Waals surface area contributed by atoms with Gasteiger partial charge in [-0.1, -0.05) is 46.4 Å². The zero-order valence-electron chi connectivity index (χ0n) is 11.7. The largest absolute Gasteiger partial charge is 0.372 e. The molecule has 2 atom stereocenters. The van der Waals surface area contributed by atoms with Crippen molar-refractivity contribution in [1.29, 1.82) is 0 Å². The Kier molecular flexibility index (Phi) is 6.62. The summed E-state index contributed by atoms with van der Waals surface area (Å²) in [6.45, 7) is 1.38. The van der Waals surface area contributed by atoms with Crippen LogP contribution < -0.4 is 10.6 Å². The Morgan fingerprint density at radius 1 is 1.36 bits per heavy atom. The van der Waals surface area contributed by atoms with Gasteiger partial charge in [0.2, 0.25) is 6.17 Å². The van der Waals surface area contributed by atoms with Gasteiger partial charge in [-0.15, -0.1) is 0 Å². The molecule has 0 bridgehead atoms. The lowest BCUT2D eigenvalue weighted by Crippen LogP contribution is -2.97. The van der Waals surface area contributed by atoms with Crippen LogP contribution in [0.15, 0.2) is 24.3 Å². The fourth-order valence-electron chi connectivity index (χ4n) is 2.22. The van der Waals surface area contributed by atoms with Crippen molar-refractivity contribution in [2.45, 2.75) is 28.9 Å². The average Bonchev–Trinajstić information content (AvgIpc) is 2.96. The number of amides is 1. The first-order valence-electron chi connectivity index (χ1n) is 6.94. The molecule has 1 aromatic carbocycles. The highest BCUT2D eigenvalue weighted by Gasteiger charge is 2.38. The molecule has 0 aliphatic carbocycles. The minimum Gasteiger partial charge on any atom is -0.372 e. The normalized spacial score (nSPS) is 19.9. The van der Waals surface area contributed by atoms with Crippen molar-refractivity contribution >= 4 is 52.3 Å². The van der Waals surface area contributed by atoms with Crippen LogP contribution in [-0.4, -0.2) is 35.1 Å². The first kappa shape index (κ1) is 18.1. The maximum atomic E-state index is 12.2. The van der Waals surface area contributed by atoms with E-state index in [4.69, 9.17) is 51.1 Å². The molecule has 0 unspecified atom stereocenters. The summed E-state index contributed by atoms with van der Waals surface area (Å²) in [5, 5.41) is 5.07. The summed E-state index contributed by atoms with van der Waals surface area (Å²) in [6.07, 6.45) is 1.44. The van der Waals surface area contributed by atoms with Crippen LogP contribution in [0.25, 0.3) is 0 Å². The summed E-state index contributed by atoms with van der Waals surface area (Å²) in [6, 6.07) is 6.51. The third kappa shape index (κ3) is 5.44. The van der Waals surface area contributed by atoms with Gasteiger partial charge in [0, 0.05) is 17.2 Å². The predicted molar refractivity (Wildman–Crippen MR) is 88.8 cm³/mol. The van der Waals surface area contributed by atoms with Crippen LogP contribution in [0.1, 0.15) is 23.2 Å². The van der Waals surface area contributed by atoms with E-state index in [0.29, 0.717) is 17.1 Å². The van der Waals surface area contributed by atoms with E-state index < -0.39 is 9.96 Å². The molecule has 2 rings (SSSR count). The Bertz CT molecular complexity index is 499. The van der Waals surface area contributed by atoms with Crippen molar-refractivity contribution in [2.75, 3.05) is 13.2 Å².